The van der Waals surface area contributed by atoms with Gasteiger partial charge >= 0.3 is 0 Å². The summed E-state index contributed by atoms with van der Waals surface area (Å²) in [6, 6.07) is 8.27. The SMILES string of the molecule is CCNC(=NCC1(C)CCCO1)NCC1CCN(c2ccccc2OC)C1.I. The maximum Gasteiger partial charge on any atom is 0.191 e. The van der Waals surface area contributed by atoms with Gasteiger partial charge in [-0.05, 0) is 51.2 Å². The van der Waals surface area contributed by atoms with E-state index < -0.39 is 0 Å². The molecule has 6 nitrogen and oxygen atoms in total. The quantitative estimate of drug-likeness (QED) is 0.341. The number of para-hydroxylation sites is 2. The van der Waals surface area contributed by atoms with Crippen molar-refractivity contribution in [3.63, 3.8) is 0 Å². The van der Waals surface area contributed by atoms with Crippen molar-refractivity contribution in [2.24, 2.45) is 10.9 Å². The third-order valence-electron chi connectivity index (χ3n) is 5.49. The van der Waals surface area contributed by atoms with Gasteiger partial charge in [0.2, 0.25) is 0 Å². The van der Waals surface area contributed by atoms with E-state index in [9.17, 15) is 0 Å². The van der Waals surface area contributed by atoms with Gasteiger partial charge in [-0.15, -0.1) is 24.0 Å². The summed E-state index contributed by atoms with van der Waals surface area (Å²) < 4.78 is 11.4. The molecule has 0 aromatic heterocycles. The first-order chi connectivity index (χ1) is 13.1. The van der Waals surface area contributed by atoms with Crippen molar-refractivity contribution < 1.29 is 9.47 Å². The predicted molar refractivity (Wildman–Crippen MR) is 126 cm³/mol. The van der Waals surface area contributed by atoms with Crippen LogP contribution in [0, 0.1) is 5.92 Å². The van der Waals surface area contributed by atoms with Crippen LogP contribution in [0.25, 0.3) is 0 Å². The molecule has 0 aliphatic carbocycles. The van der Waals surface area contributed by atoms with E-state index in [2.05, 4.69) is 41.5 Å². The summed E-state index contributed by atoms with van der Waals surface area (Å²) >= 11 is 0. The van der Waals surface area contributed by atoms with Gasteiger partial charge in [0, 0.05) is 32.8 Å². The van der Waals surface area contributed by atoms with Crippen LogP contribution in [0.5, 0.6) is 5.75 Å². The molecular formula is C21H35IN4O2. The zero-order valence-electron chi connectivity index (χ0n) is 17.4. The third kappa shape index (κ3) is 6.14. The minimum absolute atomic E-state index is 0. The van der Waals surface area contributed by atoms with Crippen LogP contribution in [-0.4, -0.2) is 58.0 Å². The number of benzene rings is 1. The van der Waals surface area contributed by atoms with Crippen LogP contribution < -0.4 is 20.3 Å². The lowest BCUT2D eigenvalue weighted by molar-refractivity contribution is 0.0283. The zero-order chi connectivity index (χ0) is 19.1. The average Bonchev–Trinajstić information content (AvgIpc) is 3.33. The summed E-state index contributed by atoms with van der Waals surface area (Å²) in [4.78, 5) is 7.19. The molecule has 1 aromatic rings. The Morgan fingerprint density at radius 2 is 2.18 bits per heavy atom. The Bertz CT molecular complexity index is 635. The van der Waals surface area contributed by atoms with Crippen molar-refractivity contribution >= 4 is 35.6 Å². The maximum absolute atomic E-state index is 5.85. The molecule has 2 aliphatic rings. The van der Waals surface area contributed by atoms with E-state index in [-0.39, 0.29) is 29.6 Å². The van der Waals surface area contributed by atoms with Gasteiger partial charge in [-0.3, -0.25) is 4.99 Å². The normalized spacial score (nSPS) is 24.8. The predicted octanol–water partition coefficient (Wildman–Crippen LogP) is 3.26. The van der Waals surface area contributed by atoms with Crippen LogP contribution in [0.4, 0.5) is 5.69 Å². The maximum atomic E-state index is 5.85. The topological polar surface area (TPSA) is 58.1 Å². The summed E-state index contributed by atoms with van der Waals surface area (Å²) in [7, 11) is 1.74. The number of nitrogens with zero attached hydrogens (tertiary/aromatic N) is 2. The monoisotopic (exact) mass is 502 g/mol. The van der Waals surface area contributed by atoms with Gasteiger partial charge in [-0.25, -0.2) is 0 Å². The Morgan fingerprint density at radius 3 is 2.89 bits per heavy atom. The fraction of sp³-hybridized carbons (Fsp3) is 0.667. The zero-order valence-corrected chi connectivity index (χ0v) is 19.7. The molecule has 2 heterocycles. The smallest absolute Gasteiger partial charge is 0.191 e. The minimum atomic E-state index is -0.101. The van der Waals surface area contributed by atoms with Crippen molar-refractivity contribution in [1.82, 2.24) is 10.6 Å². The van der Waals surface area contributed by atoms with E-state index in [1.54, 1.807) is 7.11 Å². The second-order valence-electron chi connectivity index (χ2n) is 7.75. The molecule has 1 aromatic carbocycles. The molecule has 0 spiro atoms. The van der Waals surface area contributed by atoms with Crippen LogP contribution in [0.1, 0.15) is 33.1 Å². The molecule has 7 heteroatoms. The van der Waals surface area contributed by atoms with Crippen molar-refractivity contribution in [1.29, 1.82) is 0 Å². The lowest BCUT2D eigenvalue weighted by Gasteiger charge is -2.23. The Morgan fingerprint density at radius 1 is 1.36 bits per heavy atom. The number of hydrogen-bond acceptors (Lipinski definition) is 4. The number of aliphatic imine (C=N–C) groups is 1. The number of anilines is 1. The number of halogens is 1. The first-order valence-corrected chi connectivity index (χ1v) is 10.2. The molecule has 28 heavy (non-hydrogen) atoms. The van der Waals surface area contributed by atoms with Gasteiger partial charge in [0.05, 0.1) is 24.9 Å². The first kappa shape index (κ1) is 23.1. The second-order valence-corrected chi connectivity index (χ2v) is 7.75. The van der Waals surface area contributed by atoms with Gasteiger partial charge in [0.1, 0.15) is 5.75 Å². The van der Waals surface area contributed by atoms with Gasteiger partial charge in [-0.2, -0.15) is 0 Å². The van der Waals surface area contributed by atoms with Gasteiger partial charge in [-0.1, -0.05) is 12.1 Å². The van der Waals surface area contributed by atoms with E-state index >= 15 is 0 Å². The molecule has 2 unspecified atom stereocenters. The summed E-state index contributed by atoms with van der Waals surface area (Å²) in [5.41, 5.74) is 1.09. The second kappa shape index (κ2) is 11.1. The van der Waals surface area contributed by atoms with E-state index in [0.29, 0.717) is 12.5 Å². The van der Waals surface area contributed by atoms with Crippen LogP contribution in [-0.2, 0) is 4.74 Å². The fourth-order valence-electron chi connectivity index (χ4n) is 3.90. The number of guanidine groups is 1. The molecule has 2 fully saturated rings. The molecule has 2 aliphatic heterocycles. The summed E-state index contributed by atoms with van der Waals surface area (Å²) in [5, 5.41) is 6.89. The third-order valence-corrected chi connectivity index (χ3v) is 5.49. The molecule has 3 rings (SSSR count). The number of ether oxygens (including phenoxy) is 2. The Balaban J connectivity index is 0.00000280. The van der Waals surface area contributed by atoms with Crippen LogP contribution >= 0.6 is 24.0 Å². The summed E-state index contributed by atoms with van der Waals surface area (Å²) in [6.07, 6.45) is 3.40. The number of rotatable bonds is 7. The van der Waals surface area contributed by atoms with Crippen LogP contribution in [0.2, 0.25) is 0 Å². The largest absolute Gasteiger partial charge is 0.495 e. The highest BCUT2D eigenvalue weighted by molar-refractivity contribution is 14.0. The molecule has 158 valence electrons. The molecule has 0 saturated carbocycles. The van der Waals surface area contributed by atoms with Crippen molar-refractivity contribution in [2.75, 3.05) is 51.3 Å². The number of hydrogen-bond donors (Lipinski definition) is 2. The molecular weight excluding hydrogens is 467 g/mol. The molecule has 0 amide bonds. The van der Waals surface area contributed by atoms with Crippen molar-refractivity contribution in [2.45, 2.75) is 38.7 Å². The lowest BCUT2D eigenvalue weighted by Crippen LogP contribution is -2.41. The first-order valence-electron chi connectivity index (χ1n) is 10.2. The lowest BCUT2D eigenvalue weighted by atomic mass is 10.0. The van der Waals surface area contributed by atoms with Crippen molar-refractivity contribution in [3.8, 4) is 5.75 Å². The van der Waals surface area contributed by atoms with Crippen molar-refractivity contribution in [3.05, 3.63) is 24.3 Å². The van der Waals surface area contributed by atoms with Gasteiger partial charge in [0.25, 0.3) is 0 Å². The van der Waals surface area contributed by atoms with Crippen LogP contribution in [0.15, 0.2) is 29.3 Å². The highest BCUT2D eigenvalue weighted by Gasteiger charge is 2.29. The van der Waals surface area contributed by atoms with Gasteiger partial charge in [0.15, 0.2) is 5.96 Å². The Hall–Kier alpha value is -1.22. The highest BCUT2D eigenvalue weighted by Crippen LogP contribution is 2.31. The van der Waals surface area contributed by atoms with Crippen LogP contribution in [0.3, 0.4) is 0 Å². The molecule has 0 bridgehead atoms. The Labute approximate surface area is 186 Å². The van der Waals surface area contributed by atoms with E-state index in [1.807, 2.05) is 12.1 Å². The van der Waals surface area contributed by atoms with E-state index in [4.69, 9.17) is 14.5 Å². The number of methoxy groups -OCH3 is 1. The fourth-order valence-corrected chi connectivity index (χ4v) is 3.90. The van der Waals surface area contributed by atoms with E-state index in [1.165, 1.54) is 12.1 Å². The minimum Gasteiger partial charge on any atom is -0.495 e. The standard InChI is InChI=1S/C21H34N4O2.HI/c1-4-22-20(24-16-21(2)11-7-13-27-21)23-14-17-10-12-25(15-17)18-8-5-6-9-19(18)26-3;/h5-6,8-9,17H,4,7,10-16H2,1-3H3,(H2,22,23,24);1H. The Kier molecular flexibility index (Phi) is 9.14. The molecule has 2 N–H and O–H groups in total. The molecule has 2 saturated heterocycles. The molecule has 0 radical (unpaired) electrons. The van der Waals surface area contributed by atoms with E-state index in [0.717, 1.165) is 57.3 Å². The average molecular weight is 502 g/mol. The highest BCUT2D eigenvalue weighted by atomic mass is 127. The van der Waals surface area contributed by atoms with Gasteiger partial charge < -0.3 is 25.0 Å². The summed E-state index contributed by atoms with van der Waals surface area (Å²) in [6.45, 7) is 9.71. The molecule has 2 atom stereocenters. The summed E-state index contributed by atoms with van der Waals surface area (Å²) in [5.74, 6) is 2.44. The number of nitrogens with one attached hydrogen (secondary N) is 2.